The summed E-state index contributed by atoms with van der Waals surface area (Å²) >= 11 is 0. The first kappa shape index (κ1) is 23.6. The van der Waals surface area contributed by atoms with Gasteiger partial charge in [-0.25, -0.2) is 0 Å². The molecule has 5 aromatic rings. The Bertz CT molecular complexity index is 1720. The van der Waals surface area contributed by atoms with E-state index in [1.807, 2.05) is 7.05 Å². The molecule has 2 aliphatic rings. The molecule has 1 heterocycles. The first-order valence-electron chi connectivity index (χ1n) is 13.7. The molecule has 1 aliphatic heterocycles. The summed E-state index contributed by atoms with van der Waals surface area (Å²) in [4.78, 5) is 0. The van der Waals surface area contributed by atoms with Crippen molar-refractivity contribution in [3.63, 3.8) is 0 Å². The van der Waals surface area contributed by atoms with E-state index in [9.17, 15) is 0 Å². The summed E-state index contributed by atoms with van der Waals surface area (Å²) in [7, 11) is 3.67. The van der Waals surface area contributed by atoms with E-state index in [4.69, 9.17) is 9.47 Å². The molecule has 192 valence electrons. The number of nitrogens with one attached hydrogen (secondary N) is 1. The van der Waals surface area contributed by atoms with E-state index in [0.29, 0.717) is 0 Å². The number of aryl methyl sites for hydroxylation is 1. The highest BCUT2D eigenvalue weighted by atomic mass is 16.5. The fraction of sp³-hybridized carbons (Fsp3) is 0.167. The lowest BCUT2D eigenvalue weighted by molar-refractivity contribution is 0.163. The third-order valence-corrected chi connectivity index (χ3v) is 8.32. The Balaban J connectivity index is 1.54. The average Bonchev–Trinajstić information content (AvgIpc) is 3.21. The SMILES string of the molecule is CNc1ccc(C2(c3ccccc3)C=Cc3c4c(c5ccc(OC)cc5c3O2)-c2ccccc2CCC4)cc1. The normalized spacial score (nSPS) is 17.4. The molecule has 0 spiro atoms. The van der Waals surface area contributed by atoms with Crippen molar-refractivity contribution in [2.24, 2.45) is 0 Å². The zero-order valence-electron chi connectivity index (χ0n) is 22.3. The minimum absolute atomic E-state index is 0.757. The van der Waals surface area contributed by atoms with Crippen LogP contribution in [0.2, 0.25) is 0 Å². The predicted molar refractivity (Wildman–Crippen MR) is 161 cm³/mol. The number of methoxy groups -OCH3 is 1. The van der Waals surface area contributed by atoms with Crippen molar-refractivity contribution in [1.82, 2.24) is 0 Å². The van der Waals surface area contributed by atoms with Crippen molar-refractivity contribution in [1.29, 1.82) is 0 Å². The molecule has 1 N–H and O–H groups in total. The molecule has 5 aromatic carbocycles. The molecule has 0 aromatic heterocycles. The Morgan fingerprint density at radius 3 is 2.36 bits per heavy atom. The Labute approximate surface area is 229 Å². The van der Waals surface area contributed by atoms with E-state index in [-0.39, 0.29) is 0 Å². The molecule has 0 saturated heterocycles. The molecule has 0 bridgehead atoms. The topological polar surface area (TPSA) is 30.5 Å². The molecular formula is C36H31NO2. The Morgan fingerprint density at radius 1 is 0.795 bits per heavy atom. The molecular weight excluding hydrogens is 478 g/mol. The molecule has 0 fully saturated rings. The number of hydrogen-bond acceptors (Lipinski definition) is 3. The van der Waals surface area contributed by atoms with Crippen LogP contribution in [0.25, 0.3) is 28.0 Å². The first-order valence-corrected chi connectivity index (χ1v) is 13.7. The summed E-state index contributed by atoms with van der Waals surface area (Å²) in [6, 6.07) is 34.4. The number of fused-ring (bicyclic) bond motifs is 8. The molecule has 1 atom stereocenters. The van der Waals surface area contributed by atoms with Crippen LogP contribution in [-0.4, -0.2) is 14.2 Å². The zero-order valence-corrected chi connectivity index (χ0v) is 22.3. The lowest BCUT2D eigenvalue weighted by atomic mass is 9.81. The lowest BCUT2D eigenvalue weighted by Crippen LogP contribution is -2.34. The lowest BCUT2D eigenvalue weighted by Gasteiger charge is -2.38. The van der Waals surface area contributed by atoms with E-state index in [1.165, 1.54) is 33.2 Å². The van der Waals surface area contributed by atoms with Gasteiger partial charge in [-0.1, -0.05) is 72.8 Å². The first-order chi connectivity index (χ1) is 19.2. The van der Waals surface area contributed by atoms with Gasteiger partial charge in [-0.15, -0.1) is 0 Å². The van der Waals surface area contributed by atoms with E-state index in [1.54, 1.807) is 7.11 Å². The third-order valence-electron chi connectivity index (χ3n) is 8.32. The minimum atomic E-state index is -0.757. The maximum Gasteiger partial charge on any atom is 0.178 e. The monoisotopic (exact) mass is 509 g/mol. The van der Waals surface area contributed by atoms with Gasteiger partial charge in [0.05, 0.1) is 7.11 Å². The van der Waals surface area contributed by atoms with Crippen LogP contribution < -0.4 is 14.8 Å². The Morgan fingerprint density at radius 2 is 1.56 bits per heavy atom. The highest BCUT2D eigenvalue weighted by Gasteiger charge is 2.39. The van der Waals surface area contributed by atoms with Gasteiger partial charge < -0.3 is 14.8 Å². The number of benzene rings is 5. The van der Waals surface area contributed by atoms with Gasteiger partial charge >= 0.3 is 0 Å². The minimum Gasteiger partial charge on any atom is -0.497 e. The molecule has 0 saturated carbocycles. The van der Waals surface area contributed by atoms with Gasteiger partial charge in [-0.2, -0.15) is 0 Å². The second-order valence-electron chi connectivity index (χ2n) is 10.4. The largest absolute Gasteiger partial charge is 0.497 e. The van der Waals surface area contributed by atoms with Gasteiger partial charge in [0.25, 0.3) is 0 Å². The van der Waals surface area contributed by atoms with Crippen LogP contribution in [0.3, 0.4) is 0 Å². The van der Waals surface area contributed by atoms with E-state index >= 15 is 0 Å². The van der Waals surface area contributed by atoms with Gasteiger partial charge in [-0.05, 0) is 83.3 Å². The van der Waals surface area contributed by atoms with E-state index in [2.05, 4.69) is 115 Å². The number of rotatable bonds is 4. The van der Waals surface area contributed by atoms with Crippen LogP contribution in [-0.2, 0) is 18.4 Å². The molecule has 3 heteroatoms. The molecule has 0 radical (unpaired) electrons. The third kappa shape index (κ3) is 3.72. The van der Waals surface area contributed by atoms with Gasteiger partial charge in [0.1, 0.15) is 11.5 Å². The Kier molecular flexibility index (Phi) is 5.66. The van der Waals surface area contributed by atoms with Gasteiger partial charge in [0.2, 0.25) is 0 Å². The van der Waals surface area contributed by atoms with Gasteiger partial charge in [-0.3, -0.25) is 0 Å². The maximum absolute atomic E-state index is 7.31. The van der Waals surface area contributed by atoms with Crippen LogP contribution in [0.15, 0.2) is 103 Å². The fourth-order valence-electron chi connectivity index (χ4n) is 6.37. The summed E-state index contributed by atoms with van der Waals surface area (Å²) in [5, 5.41) is 5.53. The zero-order chi connectivity index (χ0) is 26.4. The van der Waals surface area contributed by atoms with Crippen molar-refractivity contribution in [3.8, 4) is 22.6 Å². The molecule has 1 unspecified atom stereocenters. The van der Waals surface area contributed by atoms with Crippen LogP contribution in [0.4, 0.5) is 5.69 Å². The second-order valence-corrected chi connectivity index (χ2v) is 10.4. The van der Waals surface area contributed by atoms with Crippen LogP contribution >= 0.6 is 0 Å². The van der Waals surface area contributed by atoms with Gasteiger partial charge in [0, 0.05) is 34.8 Å². The maximum atomic E-state index is 7.31. The average molecular weight is 510 g/mol. The smallest absolute Gasteiger partial charge is 0.178 e. The van der Waals surface area contributed by atoms with Crippen LogP contribution in [0.5, 0.6) is 11.5 Å². The number of anilines is 1. The van der Waals surface area contributed by atoms with Crippen molar-refractivity contribution < 1.29 is 9.47 Å². The van der Waals surface area contributed by atoms with E-state index < -0.39 is 5.60 Å². The summed E-state index contributed by atoms with van der Waals surface area (Å²) in [6.07, 6.45) is 7.76. The second kappa shape index (κ2) is 9.36. The molecule has 7 rings (SSSR count). The molecule has 39 heavy (non-hydrogen) atoms. The predicted octanol–water partition coefficient (Wildman–Crippen LogP) is 8.40. The van der Waals surface area contributed by atoms with E-state index in [0.717, 1.165) is 53.0 Å². The van der Waals surface area contributed by atoms with Crippen LogP contribution in [0.1, 0.15) is 34.2 Å². The molecule has 1 aliphatic carbocycles. The van der Waals surface area contributed by atoms with Crippen molar-refractivity contribution in [3.05, 3.63) is 131 Å². The van der Waals surface area contributed by atoms with Crippen LogP contribution in [0, 0.1) is 0 Å². The van der Waals surface area contributed by atoms with Gasteiger partial charge in [0.15, 0.2) is 5.60 Å². The van der Waals surface area contributed by atoms with Crippen molar-refractivity contribution >= 4 is 22.5 Å². The summed E-state index contributed by atoms with van der Waals surface area (Å²) in [6.45, 7) is 0. The number of hydrogen-bond donors (Lipinski definition) is 1. The van der Waals surface area contributed by atoms with Crippen molar-refractivity contribution in [2.75, 3.05) is 19.5 Å². The Hall–Kier alpha value is -4.50. The van der Waals surface area contributed by atoms with Crippen molar-refractivity contribution in [2.45, 2.75) is 24.9 Å². The molecule has 0 amide bonds. The highest BCUT2D eigenvalue weighted by molar-refractivity contribution is 6.06. The summed E-state index contributed by atoms with van der Waals surface area (Å²) in [5.41, 5.74) is 9.13. The highest BCUT2D eigenvalue weighted by Crippen LogP contribution is 2.51. The standard InChI is InChI=1S/C36H31NO2/c1-37-27-17-15-26(16-18-27)36(25-11-4-3-5-12-25)22-21-32-30-14-8-10-24-9-6-7-13-29(24)34(30)31-20-19-28(38-2)23-33(31)35(32)39-36/h3-7,9,11-13,15-23,37H,8,10,14H2,1-2H3. The summed E-state index contributed by atoms with van der Waals surface area (Å²) < 4.78 is 13.0. The summed E-state index contributed by atoms with van der Waals surface area (Å²) in [5.74, 6) is 1.75. The molecule has 3 nitrogen and oxygen atoms in total. The number of ether oxygens (including phenoxy) is 2. The fourth-order valence-corrected chi connectivity index (χ4v) is 6.37. The quantitative estimate of drug-likeness (QED) is 0.264.